The van der Waals surface area contributed by atoms with Crippen LogP contribution < -0.4 is 5.32 Å². The minimum atomic E-state index is -0.300. The van der Waals surface area contributed by atoms with Gasteiger partial charge in [0.2, 0.25) is 5.91 Å². The molecule has 1 rings (SSSR count). The quantitative estimate of drug-likeness (QED) is 0.801. The first-order valence-corrected chi connectivity index (χ1v) is 7.42. The van der Waals surface area contributed by atoms with Gasteiger partial charge in [0, 0.05) is 25.1 Å². The van der Waals surface area contributed by atoms with Crippen molar-refractivity contribution in [2.75, 3.05) is 33.4 Å². The van der Waals surface area contributed by atoms with E-state index in [4.69, 9.17) is 4.74 Å². The van der Waals surface area contributed by atoms with Crippen LogP contribution in [0.1, 0.15) is 40.5 Å². The molecule has 0 bridgehead atoms. The molecule has 1 saturated heterocycles. The Labute approximate surface area is 117 Å². The topological polar surface area (TPSA) is 41.6 Å². The van der Waals surface area contributed by atoms with Gasteiger partial charge in [-0.1, -0.05) is 13.8 Å². The molecule has 0 spiro atoms. The van der Waals surface area contributed by atoms with Crippen LogP contribution in [0.4, 0.5) is 0 Å². The first-order chi connectivity index (χ1) is 8.91. The number of piperidine rings is 1. The summed E-state index contributed by atoms with van der Waals surface area (Å²) in [6, 6.07) is 0.221. The highest BCUT2D eigenvalue weighted by Crippen LogP contribution is 2.34. The molecule has 1 heterocycles. The van der Waals surface area contributed by atoms with E-state index in [1.54, 1.807) is 7.11 Å². The lowest BCUT2D eigenvalue weighted by molar-refractivity contribution is -0.146. The second-order valence-corrected chi connectivity index (χ2v) is 6.35. The van der Waals surface area contributed by atoms with Crippen molar-refractivity contribution in [3.8, 4) is 0 Å². The molecule has 19 heavy (non-hydrogen) atoms. The molecule has 0 radical (unpaired) electrons. The third-order valence-electron chi connectivity index (χ3n) is 4.29. The molecule has 0 aromatic heterocycles. The maximum Gasteiger partial charge on any atom is 0.228 e. The van der Waals surface area contributed by atoms with Gasteiger partial charge in [-0.15, -0.1) is 0 Å². The molecule has 112 valence electrons. The summed E-state index contributed by atoms with van der Waals surface area (Å²) in [7, 11) is 1.68. The third kappa shape index (κ3) is 4.18. The summed E-state index contributed by atoms with van der Waals surface area (Å²) in [4.78, 5) is 14.8. The van der Waals surface area contributed by atoms with E-state index in [0.717, 1.165) is 19.5 Å². The van der Waals surface area contributed by atoms with Crippen molar-refractivity contribution in [1.82, 2.24) is 10.2 Å². The molecular formula is C15H30N2O2. The zero-order valence-corrected chi connectivity index (χ0v) is 13.2. The van der Waals surface area contributed by atoms with Gasteiger partial charge in [0.25, 0.3) is 0 Å². The first-order valence-electron chi connectivity index (χ1n) is 7.42. The standard InChI is InChI=1S/C15H30N2O2/c1-12(2)17(9-10-19-5)14(18)15(3,4)13-7-6-8-16-11-13/h12-13,16H,6-11H2,1-5H3. The van der Waals surface area contributed by atoms with Crippen LogP contribution in [-0.2, 0) is 9.53 Å². The van der Waals surface area contributed by atoms with Crippen LogP contribution in [0.25, 0.3) is 0 Å². The Hall–Kier alpha value is -0.610. The van der Waals surface area contributed by atoms with Gasteiger partial charge in [0.15, 0.2) is 0 Å². The lowest BCUT2D eigenvalue weighted by atomic mass is 9.74. The molecule has 1 aliphatic heterocycles. The highest BCUT2D eigenvalue weighted by Gasteiger charge is 2.40. The summed E-state index contributed by atoms with van der Waals surface area (Å²) in [5, 5.41) is 3.41. The molecule has 1 aliphatic rings. The summed E-state index contributed by atoms with van der Waals surface area (Å²) in [5.41, 5.74) is -0.300. The fraction of sp³-hybridized carbons (Fsp3) is 0.933. The van der Waals surface area contributed by atoms with E-state index in [2.05, 4.69) is 33.0 Å². The normalized spacial score (nSPS) is 20.6. The van der Waals surface area contributed by atoms with E-state index in [1.165, 1.54) is 6.42 Å². The Morgan fingerprint density at radius 1 is 1.47 bits per heavy atom. The van der Waals surface area contributed by atoms with E-state index in [-0.39, 0.29) is 17.4 Å². The van der Waals surface area contributed by atoms with E-state index < -0.39 is 0 Å². The summed E-state index contributed by atoms with van der Waals surface area (Å²) in [6.07, 6.45) is 2.31. The van der Waals surface area contributed by atoms with Gasteiger partial charge >= 0.3 is 0 Å². The fourth-order valence-electron chi connectivity index (χ4n) is 2.80. The number of nitrogens with zero attached hydrogens (tertiary/aromatic N) is 1. The molecule has 1 unspecified atom stereocenters. The molecule has 0 aromatic carbocycles. The number of nitrogens with one attached hydrogen (secondary N) is 1. The molecule has 1 fully saturated rings. The van der Waals surface area contributed by atoms with Crippen molar-refractivity contribution >= 4 is 5.91 Å². The molecule has 4 heteroatoms. The Morgan fingerprint density at radius 2 is 2.16 bits per heavy atom. The Morgan fingerprint density at radius 3 is 2.63 bits per heavy atom. The maximum atomic E-state index is 12.9. The molecule has 0 aliphatic carbocycles. The fourth-order valence-corrected chi connectivity index (χ4v) is 2.80. The number of amides is 1. The van der Waals surface area contributed by atoms with Crippen LogP contribution in [0.15, 0.2) is 0 Å². The van der Waals surface area contributed by atoms with Crippen molar-refractivity contribution < 1.29 is 9.53 Å². The molecule has 0 saturated carbocycles. The van der Waals surface area contributed by atoms with E-state index >= 15 is 0 Å². The van der Waals surface area contributed by atoms with E-state index in [0.29, 0.717) is 19.1 Å². The van der Waals surface area contributed by atoms with Gasteiger partial charge < -0.3 is 15.0 Å². The summed E-state index contributed by atoms with van der Waals surface area (Å²) < 4.78 is 5.12. The van der Waals surface area contributed by atoms with Crippen LogP contribution in [-0.4, -0.2) is 50.2 Å². The van der Waals surface area contributed by atoms with E-state index in [9.17, 15) is 4.79 Å². The van der Waals surface area contributed by atoms with Crippen molar-refractivity contribution in [3.63, 3.8) is 0 Å². The van der Waals surface area contributed by atoms with Crippen molar-refractivity contribution in [3.05, 3.63) is 0 Å². The second-order valence-electron chi connectivity index (χ2n) is 6.35. The van der Waals surface area contributed by atoms with Crippen molar-refractivity contribution in [2.24, 2.45) is 11.3 Å². The number of carbonyl (C=O) groups is 1. The highest BCUT2D eigenvalue weighted by atomic mass is 16.5. The van der Waals surface area contributed by atoms with Crippen LogP contribution in [0.2, 0.25) is 0 Å². The largest absolute Gasteiger partial charge is 0.383 e. The zero-order valence-electron chi connectivity index (χ0n) is 13.2. The van der Waals surface area contributed by atoms with Crippen LogP contribution in [0.3, 0.4) is 0 Å². The van der Waals surface area contributed by atoms with Gasteiger partial charge in [-0.25, -0.2) is 0 Å². The molecule has 0 aromatic rings. The Bertz CT molecular complexity index is 284. The minimum Gasteiger partial charge on any atom is -0.383 e. The van der Waals surface area contributed by atoms with Crippen molar-refractivity contribution in [2.45, 2.75) is 46.6 Å². The van der Waals surface area contributed by atoms with Gasteiger partial charge in [0.1, 0.15) is 0 Å². The maximum absolute atomic E-state index is 12.9. The summed E-state index contributed by atoms with van der Waals surface area (Å²) in [6.45, 7) is 11.6. The second kappa shape index (κ2) is 7.25. The number of hydrogen-bond donors (Lipinski definition) is 1. The predicted molar refractivity (Wildman–Crippen MR) is 78.1 cm³/mol. The average molecular weight is 270 g/mol. The third-order valence-corrected chi connectivity index (χ3v) is 4.29. The molecule has 1 atom stereocenters. The van der Waals surface area contributed by atoms with Gasteiger partial charge in [-0.2, -0.15) is 0 Å². The highest BCUT2D eigenvalue weighted by molar-refractivity contribution is 5.82. The summed E-state index contributed by atoms with van der Waals surface area (Å²) in [5.74, 6) is 0.686. The lowest BCUT2D eigenvalue weighted by Gasteiger charge is -2.41. The van der Waals surface area contributed by atoms with Gasteiger partial charge in [-0.05, 0) is 45.7 Å². The smallest absolute Gasteiger partial charge is 0.228 e. The van der Waals surface area contributed by atoms with Crippen LogP contribution in [0.5, 0.6) is 0 Å². The van der Waals surface area contributed by atoms with Gasteiger partial charge in [-0.3, -0.25) is 4.79 Å². The van der Waals surface area contributed by atoms with Crippen molar-refractivity contribution in [1.29, 1.82) is 0 Å². The monoisotopic (exact) mass is 270 g/mol. The lowest BCUT2D eigenvalue weighted by Crippen LogP contribution is -2.51. The molecule has 1 amide bonds. The number of methoxy groups -OCH3 is 1. The average Bonchev–Trinajstić information content (AvgIpc) is 2.39. The Balaban J connectivity index is 2.74. The van der Waals surface area contributed by atoms with Crippen LogP contribution >= 0.6 is 0 Å². The summed E-state index contributed by atoms with van der Waals surface area (Å²) >= 11 is 0. The van der Waals surface area contributed by atoms with Gasteiger partial charge in [0.05, 0.1) is 6.61 Å². The number of rotatable bonds is 6. The zero-order chi connectivity index (χ0) is 14.5. The minimum absolute atomic E-state index is 0.221. The Kier molecular flexibility index (Phi) is 6.27. The predicted octanol–water partition coefficient (Wildman–Crippen LogP) is 1.90. The number of hydrogen-bond acceptors (Lipinski definition) is 3. The number of carbonyl (C=O) groups excluding carboxylic acids is 1. The van der Waals surface area contributed by atoms with Crippen LogP contribution in [0, 0.1) is 11.3 Å². The SMILES string of the molecule is COCCN(C(=O)C(C)(C)C1CCCNC1)C(C)C. The molecular weight excluding hydrogens is 240 g/mol. The van der Waals surface area contributed by atoms with E-state index in [1.807, 2.05) is 4.90 Å². The first kappa shape index (κ1) is 16.4. The molecule has 1 N–H and O–H groups in total. The molecule has 4 nitrogen and oxygen atoms in total. The number of ether oxygens (including phenoxy) is 1.